The molecule has 2 aromatic rings. The second kappa shape index (κ2) is 8.99. The predicted molar refractivity (Wildman–Crippen MR) is 109 cm³/mol. The molecule has 16 nitrogen and oxygen atoms in total. The van der Waals surface area contributed by atoms with Crippen LogP contribution in [0.3, 0.4) is 0 Å². The van der Waals surface area contributed by atoms with Gasteiger partial charge in [0.1, 0.15) is 30.1 Å². The number of fused-ring (bicyclic) bond motifs is 1. The maximum atomic E-state index is 12.8. The summed E-state index contributed by atoms with van der Waals surface area (Å²) in [5.74, 6) is -0.604. The summed E-state index contributed by atoms with van der Waals surface area (Å²) in [4.78, 5) is 34.7. The number of halogens is 1. The van der Waals surface area contributed by atoms with E-state index in [-0.39, 0.29) is 28.3 Å². The highest BCUT2D eigenvalue weighted by Crippen LogP contribution is 2.69. The maximum Gasteiger partial charge on any atom is 0.490 e. The third-order valence-corrected chi connectivity index (χ3v) is 8.69. The van der Waals surface area contributed by atoms with Crippen molar-refractivity contribution < 1.29 is 55.9 Å². The summed E-state index contributed by atoms with van der Waals surface area (Å²) in [5, 5.41) is 10.9. The first kappa shape index (κ1) is 26.2. The molecule has 6 N–H and O–H groups in total. The molecule has 0 spiro atoms. The van der Waals surface area contributed by atoms with Gasteiger partial charge >= 0.3 is 23.5 Å². The van der Waals surface area contributed by atoms with E-state index in [2.05, 4.69) is 23.1 Å². The number of hydrogen-bond donors (Lipinski definition) is 5. The molecule has 3 rings (SSSR count). The fourth-order valence-corrected chi connectivity index (χ4v) is 6.68. The number of nitrogens with two attached hydrogens (primary N) is 1. The fourth-order valence-electron chi connectivity index (χ4n) is 2.89. The summed E-state index contributed by atoms with van der Waals surface area (Å²) in [6, 6.07) is 0. The van der Waals surface area contributed by atoms with Crippen molar-refractivity contribution in [3.63, 3.8) is 0 Å². The van der Waals surface area contributed by atoms with Crippen molar-refractivity contribution in [1.29, 1.82) is 0 Å². The lowest BCUT2D eigenvalue weighted by molar-refractivity contribution is -0.186. The lowest BCUT2D eigenvalue weighted by Crippen LogP contribution is -2.40. The molecule has 0 aliphatic carbocycles. The highest BCUT2D eigenvalue weighted by molar-refractivity contribution is 7.66. The standard InChI is InChI=1S/C13H16ClN4O12P3/c1-3-13(28-33(25,26-2)30-32(23,24)29-31(20,21)22)8(19)4-9(27-13)18-5-7(14)10-11(15)16-6-17-12(10)18/h1,5-6,8-9,19H,4H2,2H3,(H,23,24)(H2,15,16,17)(H2,20,21,22)/t8-,9+,13+,33?/m0/s1. The normalized spacial score (nSPS) is 27.2. The fraction of sp³-hybridized carbons (Fsp3) is 0.385. The van der Waals surface area contributed by atoms with Gasteiger partial charge in [-0.15, -0.1) is 6.42 Å². The summed E-state index contributed by atoms with van der Waals surface area (Å²) in [5.41, 5.74) is 5.99. The SMILES string of the molecule is C#C[C@]1(OP(=O)(OC)OP(=O)(O)OP(=O)(O)O)O[C@@H](n2cc(Cl)c3c(N)ncnc32)C[C@@H]1O. The minimum atomic E-state index is -5.71. The number of phosphoric acid groups is 3. The van der Waals surface area contributed by atoms with Crippen LogP contribution in [0.1, 0.15) is 12.6 Å². The van der Waals surface area contributed by atoms with Gasteiger partial charge in [-0.05, 0) is 5.92 Å². The van der Waals surface area contributed by atoms with E-state index in [0.717, 1.165) is 6.33 Å². The van der Waals surface area contributed by atoms with Gasteiger partial charge in [0.2, 0.25) is 0 Å². The first-order valence-electron chi connectivity index (χ1n) is 8.42. The molecule has 3 heterocycles. The lowest BCUT2D eigenvalue weighted by atomic mass is 10.1. The predicted octanol–water partition coefficient (Wildman–Crippen LogP) is 1.27. The van der Waals surface area contributed by atoms with Crippen LogP contribution >= 0.6 is 35.1 Å². The molecular formula is C13H16ClN4O12P3. The van der Waals surface area contributed by atoms with Crippen LogP contribution in [0.25, 0.3) is 11.0 Å². The minimum absolute atomic E-state index is 0.0581. The molecular weight excluding hydrogens is 533 g/mol. The summed E-state index contributed by atoms with van der Waals surface area (Å²) in [7, 11) is -15.8. The van der Waals surface area contributed by atoms with E-state index < -0.39 is 41.6 Å². The molecule has 5 atom stereocenters. The van der Waals surface area contributed by atoms with Crippen molar-refractivity contribution in [3.05, 3.63) is 17.5 Å². The number of nitrogen functional groups attached to an aromatic ring is 1. The highest BCUT2D eigenvalue weighted by atomic mass is 35.5. The Morgan fingerprint density at radius 2 is 2.00 bits per heavy atom. The maximum absolute atomic E-state index is 12.8. The Labute approximate surface area is 190 Å². The number of nitrogens with zero attached hydrogens (tertiary/aromatic N) is 3. The summed E-state index contributed by atoms with van der Waals surface area (Å²) in [6.45, 7) is 0. The third-order valence-electron chi connectivity index (χ3n) is 4.16. The molecule has 0 saturated carbocycles. The number of hydrogen-bond acceptors (Lipinski definition) is 12. The van der Waals surface area contributed by atoms with Gasteiger partial charge in [-0.3, -0.25) is 4.52 Å². The molecule has 1 aliphatic heterocycles. The molecule has 2 aromatic heterocycles. The van der Waals surface area contributed by atoms with Crippen LogP contribution in [0.5, 0.6) is 0 Å². The Morgan fingerprint density at radius 1 is 1.33 bits per heavy atom. The molecule has 1 fully saturated rings. The molecule has 0 aromatic carbocycles. The van der Waals surface area contributed by atoms with Crippen molar-refractivity contribution in [2.24, 2.45) is 0 Å². The Balaban J connectivity index is 1.92. The zero-order valence-electron chi connectivity index (χ0n) is 16.3. The van der Waals surface area contributed by atoms with Crippen molar-refractivity contribution in [2.75, 3.05) is 12.8 Å². The van der Waals surface area contributed by atoms with Gasteiger partial charge < -0.3 is 34.8 Å². The number of aromatic nitrogens is 3. The second-order valence-electron chi connectivity index (χ2n) is 6.32. The average Bonchev–Trinajstić information content (AvgIpc) is 3.17. The zero-order chi connectivity index (χ0) is 24.8. The number of ether oxygens (including phenoxy) is 1. The van der Waals surface area contributed by atoms with Crippen molar-refractivity contribution in [1.82, 2.24) is 14.5 Å². The van der Waals surface area contributed by atoms with Gasteiger partial charge in [-0.1, -0.05) is 11.6 Å². The largest absolute Gasteiger partial charge is 0.490 e. The van der Waals surface area contributed by atoms with Gasteiger partial charge in [-0.2, -0.15) is 8.62 Å². The Kier molecular flexibility index (Phi) is 7.14. The Hall–Kier alpha value is -1.40. The van der Waals surface area contributed by atoms with E-state index >= 15 is 0 Å². The van der Waals surface area contributed by atoms with Gasteiger partial charge in [0.25, 0.3) is 5.79 Å². The average molecular weight is 549 g/mol. The Bertz CT molecular complexity index is 1260. The van der Waals surface area contributed by atoms with Crippen LogP contribution in [0.15, 0.2) is 12.5 Å². The molecule has 1 aliphatic rings. The molecule has 20 heteroatoms. The van der Waals surface area contributed by atoms with E-state index in [1.165, 1.54) is 10.8 Å². The highest BCUT2D eigenvalue weighted by Gasteiger charge is 2.56. The molecule has 2 unspecified atom stereocenters. The van der Waals surface area contributed by atoms with E-state index in [9.17, 15) is 23.7 Å². The smallest absolute Gasteiger partial charge is 0.386 e. The Morgan fingerprint density at radius 3 is 2.58 bits per heavy atom. The summed E-state index contributed by atoms with van der Waals surface area (Å²) >= 11 is 6.17. The first-order chi connectivity index (χ1) is 15.1. The summed E-state index contributed by atoms with van der Waals surface area (Å²) < 4.78 is 59.5. The van der Waals surface area contributed by atoms with Crippen LogP contribution < -0.4 is 5.73 Å². The van der Waals surface area contributed by atoms with E-state index in [1.54, 1.807) is 0 Å². The number of phosphoric ester groups is 1. The van der Waals surface area contributed by atoms with Gasteiger partial charge in [0, 0.05) is 19.7 Å². The second-order valence-corrected chi connectivity index (χ2v) is 11.4. The quantitative estimate of drug-likeness (QED) is 0.231. The monoisotopic (exact) mass is 548 g/mol. The number of aliphatic hydroxyl groups excluding tert-OH is 1. The van der Waals surface area contributed by atoms with Crippen molar-refractivity contribution in [3.8, 4) is 12.3 Å². The molecule has 182 valence electrons. The van der Waals surface area contributed by atoms with Gasteiger partial charge in [-0.25, -0.2) is 28.2 Å². The minimum Gasteiger partial charge on any atom is -0.386 e. The third kappa shape index (κ3) is 5.48. The van der Waals surface area contributed by atoms with E-state index in [4.69, 9.17) is 42.8 Å². The van der Waals surface area contributed by atoms with Gasteiger partial charge in [0.15, 0.2) is 0 Å². The number of anilines is 1. The van der Waals surface area contributed by atoms with Crippen LogP contribution in [-0.4, -0.2) is 53.3 Å². The topological polar surface area (TPSA) is 235 Å². The van der Waals surface area contributed by atoms with Crippen LogP contribution in [0.4, 0.5) is 5.82 Å². The van der Waals surface area contributed by atoms with Crippen LogP contribution in [0, 0.1) is 12.3 Å². The lowest BCUT2D eigenvalue weighted by Gasteiger charge is -2.29. The van der Waals surface area contributed by atoms with Crippen molar-refractivity contribution in [2.45, 2.75) is 24.5 Å². The van der Waals surface area contributed by atoms with Crippen LogP contribution in [-0.2, 0) is 36.1 Å². The van der Waals surface area contributed by atoms with Crippen LogP contribution in [0.2, 0.25) is 5.02 Å². The first-order valence-corrected chi connectivity index (χ1v) is 13.3. The zero-order valence-corrected chi connectivity index (χ0v) is 19.7. The molecule has 0 amide bonds. The number of aliphatic hydroxyl groups is 1. The van der Waals surface area contributed by atoms with E-state index in [1.807, 2.05) is 5.92 Å². The number of terminal acetylenes is 1. The molecule has 33 heavy (non-hydrogen) atoms. The molecule has 0 radical (unpaired) electrons. The van der Waals surface area contributed by atoms with E-state index in [0.29, 0.717) is 7.11 Å². The van der Waals surface area contributed by atoms with Crippen molar-refractivity contribution >= 4 is 51.9 Å². The molecule has 1 saturated heterocycles. The van der Waals surface area contributed by atoms with Gasteiger partial charge in [0.05, 0.1) is 10.4 Å². The molecule has 0 bridgehead atoms. The summed E-state index contributed by atoms with van der Waals surface area (Å²) in [6.07, 6.45) is 4.74. The number of rotatable bonds is 8.